The predicted molar refractivity (Wildman–Crippen MR) is 72.1 cm³/mol. The molecule has 0 unspecified atom stereocenters. The second-order valence-electron chi connectivity index (χ2n) is 5.84. The van der Waals surface area contributed by atoms with Crippen LogP contribution >= 0.6 is 0 Å². The van der Waals surface area contributed by atoms with E-state index < -0.39 is 5.41 Å². The summed E-state index contributed by atoms with van der Waals surface area (Å²) in [7, 11) is 0. The Balaban J connectivity index is 2.18. The van der Waals surface area contributed by atoms with Crippen LogP contribution in [0.5, 0.6) is 0 Å². The summed E-state index contributed by atoms with van der Waals surface area (Å²) in [6, 6.07) is 10.1. The molecule has 0 N–H and O–H groups in total. The molecule has 2 nitrogen and oxygen atoms in total. The van der Waals surface area contributed by atoms with Gasteiger partial charge in [0.2, 0.25) is 0 Å². The number of esters is 1. The van der Waals surface area contributed by atoms with Gasteiger partial charge in [-0.25, -0.2) is 0 Å². The molecule has 1 fully saturated rings. The molecule has 1 aliphatic rings. The van der Waals surface area contributed by atoms with Crippen LogP contribution in [0.2, 0.25) is 0 Å². The zero-order valence-electron chi connectivity index (χ0n) is 11.5. The van der Waals surface area contributed by atoms with Crippen molar-refractivity contribution in [1.82, 2.24) is 0 Å². The fraction of sp³-hybridized carbons (Fsp3) is 0.562. The first kappa shape index (κ1) is 13.1. The number of benzene rings is 1. The fourth-order valence-corrected chi connectivity index (χ4v) is 2.15. The predicted octanol–water partition coefficient (Wildman–Crippen LogP) is 4.05. The standard InChI is InChI=1S/C16H22O2/c1-4-15(2,3)14(17)18-16(11-8-12-16)13-9-6-5-7-10-13/h5-7,9-10H,4,8,11-12H2,1-3H3. The fourth-order valence-electron chi connectivity index (χ4n) is 2.15. The van der Waals surface area contributed by atoms with E-state index in [0.29, 0.717) is 0 Å². The van der Waals surface area contributed by atoms with Crippen molar-refractivity contribution in [3.8, 4) is 0 Å². The van der Waals surface area contributed by atoms with Crippen molar-refractivity contribution in [2.45, 2.75) is 52.1 Å². The minimum atomic E-state index is -0.391. The number of rotatable bonds is 4. The molecule has 0 heterocycles. The second-order valence-corrected chi connectivity index (χ2v) is 5.84. The maximum Gasteiger partial charge on any atom is 0.312 e. The third kappa shape index (κ3) is 2.29. The van der Waals surface area contributed by atoms with Gasteiger partial charge in [-0.15, -0.1) is 0 Å². The summed E-state index contributed by atoms with van der Waals surface area (Å²) in [5.41, 5.74) is 0.388. The number of hydrogen-bond donors (Lipinski definition) is 0. The lowest BCUT2D eigenvalue weighted by Crippen LogP contribution is -2.42. The van der Waals surface area contributed by atoms with E-state index in [9.17, 15) is 4.79 Å². The molecule has 0 saturated heterocycles. The molecule has 1 aromatic carbocycles. The van der Waals surface area contributed by atoms with Crippen molar-refractivity contribution < 1.29 is 9.53 Å². The van der Waals surface area contributed by atoms with Gasteiger partial charge in [0.05, 0.1) is 5.41 Å². The molecule has 0 amide bonds. The summed E-state index contributed by atoms with van der Waals surface area (Å²) in [5.74, 6) is -0.0754. The first-order valence-corrected chi connectivity index (χ1v) is 6.79. The van der Waals surface area contributed by atoms with Crippen molar-refractivity contribution in [1.29, 1.82) is 0 Å². The molecule has 0 aromatic heterocycles. The normalized spacial score (nSPS) is 17.9. The average molecular weight is 246 g/mol. The summed E-state index contributed by atoms with van der Waals surface area (Å²) < 4.78 is 5.88. The lowest BCUT2D eigenvalue weighted by Gasteiger charge is -2.43. The number of carbonyl (C=O) groups is 1. The second kappa shape index (κ2) is 4.75. The third-order valence-corrected chi connectivity index (χ3v) is 4.19. The van der Waals surface area contributed by atoms with E-state index in [0.717, 1.165) is 31.2 Å². The highest BCUT2D eigenvalue weighted by Crippen LogP contribution is 2.46. The van der Waals surface area contributed by atoms with E-state index in [4.69, 9.17) is 4.74 Å². The van der Waals surface area contributed by atoms with Crippen LogP contribution in [0.15, 0.2) is 30.3 Å². The van der Waals surface area contributed by atoms with Gasteiger partial charge in [0, 0.05) is 0 Å². The molecule has 1 saturated carbocycles. The monoisotopic (exact) mass is 246 g/mol. The Hall–Kier alpha value is -1.31. The van der Waals surface area contributed by atoms with Crippen LogP contribution in [0.3, 0.4) is 0 Å². The maximum absolute atomic E-state index is 12.3. The molecule has 18 heavy (non-hydrogen) atoms. The largest absolute Gasteiger partial charge is 0.454 e. The first-order chi connectivity index (χ1) is 8.50. The van der Waals surface area contributed by atoms with Crippen LogP contribution in [0, 0.1) is 5.41 Å². The Morgan fingerprint density at radius 1 is 1.28 bits per heavy atom. The summed E-state index contributed by atoms with van der Waals surface area (Å²) in [6.45, 7) is 5.93. The molecule has 0 radical (unpaired) electrons. The Labute approximate surface area is 109 Å². The van der Waals surface area contributed by atoms with Gasteiger partial charge >= 0.3 is 5.97 Å². The smallest absolute Gasteiger partial charge is 0.312 e. The Morgan fingerprint density at radius 3 is 2.33 bits per heavy atom. The highest BCUT2D eigenvalue weighted by molar-refractivity contribution is 5.76. The molecule has 0 atom stereocenters. The molecular weight excluding hydrogens is 224 g/mol. The summed E-state index contributed by atoms with van der Waals surface area (Å²) in [5, 5.41) is 0. The third-order valence-electron chi connectivity index (χ3n) is 4.19. The van der Waals surface area contributed by atoms with E-state index in [-0.39, 0.29) is 11.6 Å². The van der Waals surface area contributed by atoms with Gasteiger partial charge in [-0.1, -0.05) is 37.3 Å². The van der Waals surface area contributed by atoms with Gasteiger partial charge in [0.1, 0.15) is 5.60 Å². The minimum Gasteiger partial charge on any atom is -0.454 e. The van der Waals surface area contributed by atoms with Crippen molar-refractivity contribution in [3.05, 3.63) is 35.9 Å². The molecule has 2 heteroatoms. The summed E-state index contributed by atoms with van der Waals surface area (Å²) in [6.07, 6.45) is 3.83. The molecular formula is C16H22O2. The van der Waals surface area contributed by atoms with Gasteiger partial charge < -0.3 is 4.74 Å². The van der Waals surface area contributed by atoms with Gasteiger partial charge in [-0.2, -0.15) is 0 Å². The molecule has 1 aliphatic carbocycles. The molecule has 2 rings (SSSR count). The van der Waals surface area contributed by atoms with Gasteiger partial charge in [-0.05, 0) is 45.1 Å². The van der Waals surface area contributed by atoms with Crippen LogP contribution in [0.25, 0.3) is 0 Å². The lowest BCUT2D eigenvalue weighted by atomic mass is 9.74. The number of hydrogen-bond acceptors (Lipinski definition) is 2. The number of ether oxygens (including phenoxy) is 1. The lowest BCUT2D eigenvalue weighted by molar-refractivity contribution is -0.182. The molecule has 1 aromatic rings. The van der Waals surface area contributed by atoms with Crippen molar-refractivity contribution in [2.24, 2.45) is 5.41 Å². The van der Waals surface area contributed by atoms with Crippen LogP contribution in [-0.4, -0.2) is 5.97 Å². The van der Waals surface area contributed by atoms with Gasteiger partial charge in [-0.3, -0.25) is 4.79 Å². The Morgan fingerprint density at radius 2 is 1.89 bits per heavy atom. The average Bonchev–Trinajstić information content (AvgIpc) is 2.34. The minimum absolute atomic E-state index is 0.0754. The van der Waals surface area contributed by atoms with Crippen LogP contribution in [-0.2, 0) is 15.1 Å². The van der Waals surface area contributed by atoms with E-state index >= 15 is 0 Å². The van der Waals surface area contributed by atoms with Crippen molar-refractivity contribution in [2.75, 3.05) is 0 Å². The molecule has 98 valence electrons. The highest BCUT2D eigenvalue weighted by atomic mass is 16.6. The molecule has 0 aliphatic heterocycles. The zero-order valence-corrected chi connectivity index (χ0v) is 11.5. The van der Waals surface area contributed by atoms with Crippen LogP contribution in [0.1, 0.15) is 52.0 Å². The topological polar surface area (TPSA) is 26.3 Å². The van der Waals surface area contributed by atoms with Crippen LogP contribution in [0.4, 0.5) is 0 Å². The molecule has 0 bridgehead atoms. The van der Waals surface area contributed by atoms with Gasteiger partial charge in [0.25, 0.3) is 0 Å². The first-order valence-electron chi connectivity index (χ1n) is 6.79. The van der Waals surface area contributed by atoms with E-state index in [2.05, 4.69) is 12.1 Å². The van der Waals surface area contributed by atoms with Crippen molar-refractivity contribution >= 4 is 5.97 Å². The Kier molecular flexibility index (Phi) is 3.47. The van der Waals surface area contributed by atoms with Gasteiger partial charge in [0.15, 0.2) is 0 Å². The Bertz CT molecular complexity index is 416. The molecule has 0 spiro atoms. The quantitative estimate of drug-likeness (QED) is 0.749. The SMILES string of the molecule is CCC(C)(C)C(=O)OC1(c2ccccc2)CCC1. The van der Waals surface area contributed by atoms with Crippen molar-refractivity contribution in [3.63, 3.8) is 0 Å². The maximum atomic E-state index is 12.3. The summed E-state index contributed by atoms with van der Waals surface area (Å²) >= 11 is 0. The van der Waals surface area contributed by atoms with E-state index in [1.807, 2.05) is 39.0 Å². The van der Waals surface area contributed by atoms with E-state index in [1.54, 1.807) is 0 Å². The number of carbonyl (C=O) groups excluding carboxylic acids is 1. The zero-order chi connectivity index (χ0) is 13.2. The van der Waals surface area contributed by atoms with Crippen LogP contribution < -0.4 is 0 Å². The highest BCUT2D eigenvalue weighted by Gasteiger charge is 2.44. The summed E-state index contributed by atoms with van der Waals surface area (Å²) in [4.78, 5) is 12.3. The van der Waals surface area contributed by atoms with E-state index in [1.165, 1.54) is 0 Å².